The van der Waals surface area contributed by atoms with E-state index in [2.05, 4.69) is 31.5 Å². The number of hydrogen-bond donors (Lipinski definition) is 2. The number of piperidine rings is 1. The van der Waals surface area contributed by atoms with Crippen molar-refractivity contribution in [1.29, 1.82) is 0 Å². The molecule has 1 saturated carbocycles. The number of nitrogens with zero attached hydrogens (tertiary/aromatic N) is 1. The first-order valence-corrected chi connectivity index (χ1v) is 8.72. The van der Waals surface area contributed by atoms with Crippen LogP contribution in [0, 0.1) is 5.92 Å². The second kappa shape index (κ2) is 6.63. The van der Waals surface area contributed by atoms with Gasteiger partial charge in [0.1, 0.15) is 5.15 Å². The normalized spacial score (nSPS) is 30.4. The maximum Gasteiger partial charge on any atom is 0.143 e. The first kappa shape index (κ1) is 14.6. The van der Waals surface area contributed by atoms with E-state index in [0.29, 0.717) is 17.2 Å². The molecule has 3 unspecified atom stereocenters. The van der Waals surface area contributed by atoms with Gasteiger partial charge >= 0.3 is 0 Å². The quantitative estimate of drug-likeness (QED) is 0.794. The molecule has 2 heterocycles. The molecule has 0 spiro atoms. The maximum atomic E-state index is 5.95. The van der Waals surface area contributed by atoms with Crippen molar-refractivity contribution in [2.75, 3.05) is 11.9 Å². The molecule has 1 saturated heterocycles. The third kappa shape index (κ3) is 3.29. The van der Waals surface area contributed by atoms with Crippen molar-refractivity contribution < 1.29 is 0 Å². The van der Waals surface area contributed by atoms with Crippen LogP contribution in [0.3, 0.4) is 0 Å². The van der Waals surface area contributed by atoms with Crippen molar-refractivity contribution in [2.24, 2.45) is 5.92 Å². The van der Waals surface area contributed by atoms with Crippen molar-refractivity contribution in [1.82, 2.24) is 10.3 Å². The lowest BCUT2D eigenvalue weighted by Gasteiger charge is -2.33. The first-order valence-electron chi connectivity index (χ1n) is 7.55. The Morgan fingerprint density at radius 3 is 2.90 bits per heavy atom. The smallest absolute Gasteiger partial charge is 0.143 e. The van der Waals surface area contributed by atoms with Crippen molar-refractivity contribution in [2.45, 2.75) is 50.6 Å². The fourth-order valence-electron chi connectivity index (χ4n) is 3.61. The van der Waals surface area contributed by atoms with E-state index in [1.165, 1.54) is 45.1 Å². The number of aromatic nitrogens is 1. The third-order valence-electron chi connectivity index (χ3n) is 4.58. The summed E-state index contributed by atoms with van der Waals surface area (Å²) in [5, 5.41) is 7.90. The Morgan fingerprint density at radius 1 is 1.25 bits per heavy atom. The minimum Gasteiger partial charge on any atom is -0.381 e. The Labute approximate surface area is 134 Å². The molecule has 1 aliphatic heterocycles. The number of hydrogen-bond acceptors (Lipinski definition) is 3. The summed E-state index contributed by atoms with van der Waals surface area (Å²) in [6.07, 6.45) is 9.76. The average Bonchev–Trinajstić information content (AvgIpc) is 2.92. The Kier molecular flexibility index (Phi) is 4.84. The average molecular weight is 359 g/mol. The molecule has 3 atom stereocenters. The van der Waals surface area contributed by atoms with Gasteiger partial charge in [-0.1, -0.05) is 24.4 Å². The van der Waals surface area contributed by atoms with E-state index < -0.39 is 0 Å². The Bertz CT molecular complexity index is 462. The Morgan fingerprint density at radius 2 is 2.15 bits per heavy atom. The molecule has 110 valence electrons. The molecule has 0 bridgehead atoms. The van der Waals surface area contributed by atoms with Crippen LogP contribution in [0.1, 0.15) is 38.5 Å². The number of halogens is 2. The summed E-state index contributed by atoms with van der Waals surface area (Å²) in [4.78, 5) is 4.20. The molecule has 1 aliphatic carbocycles. The van der Waals surface area contributed by atoms with Crippen LogP contribution in [0.25, 0.3) is 0 Å². The van der Waals surface area contributed by atoms with Crippen LogP contribution in [-0.2, 0) is 0 Å². The van der Waals surface area contributed by atoms with E-state index in [0.717, 1.165) is 16.1 Å². The predicted octanol–water partition coefficient (Wildman–Crippen LogP) is 4.22. The van der Waals surface area contributed by atoms with Crippen LogP contribution >= 0.6 is 27.5 Å². The van der Waals surface area contributed by atoms with E-state index in [4.69, 9.17) is 11.6 Å². The fourth-order valence-corrected chi connectivity index (χ4v) is 4.06. The van der Waals surface area contributed by atoms with Gasteiger partial charge in [-0.05, 0) is 60.1 Å². The predicted molar refractivity (Wildman–Crippen MR) is 87.3 cm³/mol. The van der Waals surface area contributed by atoms with E-state index in [9.17, 15) is 0 Å². The number of anilines is 1. The van der Waals surface area contributed by atoms with Crippen molar-refractivity contribution >= 4 is 33.2 Å². The molecule has 2 N–H and O–H groups in total. The molecule has 5 heteroatoms. The molecule has 20 heavy (non-hydrogen) atoms. The van der Waals surface area contributed by atoms with Crippen LogP contribution in [0.15, 0.2) is 16.7 Å². The zero-order valence-electron chi connectivity index (χ0n) is 11.5. The fraction of sp³-hybridized carbons (Fsp3) is 0.667. The second-order valence-corrected chi connectivity index (χ2v) is 7.11. The maximum absolute atomic E-state index is 5.95. The summed E-state index contributed by atoms with van der Waals surface area (Å²) in [6, 6.07) is 3.27. The van der Waals surface area contributed by atoms with Gasteiger partial charge in [-0.15, -0.1) is 0 Å². The summed E-state index contributed by atoms with van der Waals surface area (Å²) >= 11 is 9.39. The summed E-state index contributed by atoms with van der Waals surface area (Å²) in [5.41, 5.74) is 1.06. The lowest BCUT2D eigenvalue weighted by atomic mass is 9.88. The lowest BCUT2D eigenvalue weighted by molar-refractivity contribution is 0.286. The van der Waals surface area contributed by atoms with Crippen LogP contribution in [0.5, 0.6) is 0 Å². The van der Waals surface area contributed by atoms with Crippen molar-refractivity contribution in [3.63, 3.8) is 0 Å². The SMILES string of the molecule is Clc1ncc(NC2CCCC2C2CCCCN2)cc1Br. The summed E-state index contributed by atoms with van der Waals surface area (Å²) in [6.45, 7) is 1.18. The van der Waals surface area contributed by atoms with Crippen LogP contribution < -0.4 is 10.6 Å². The molecular weight excluding hydrogens is 338 g/mol. The van der Waals surface area contributed by atoms with Crippen LogP contribution in [0.2, 0.25) is 5.15 Å². The largest absolute Gasteiger partial charge is 0.381 e. The zero-order valence-corrected chi connectivity index (χ0v) is 13.9. The number of rotatable bonds is 3. The van der Waals surface area contributed by atoms with Gasteiger partial charge in [0.2, 0.25) is 0 Å². The van der Waals surface area contributed by atoms with Crippen molar-refractivity contribution in [3.05, 3.63) is 21.9 Å². The number of nitrogens with one attached hydrogen (secondary N) is 2. The van der Waals surface area contributed by atoms with Gasteiger partial charge in [0.25, 0.3) is 0 Å². The molecule has 2 fully saturated rings. The van der Waals surface area contributed by atoms with E-state index >= 15 is 0 Å². The van der Waals surface area contributed by atoms with Crippen LogP contribution in [0.4, 0.5) is 5.69 Å². The van der Waals surface area contributed by atoms with E-state index in [1.807, 2.05) is 12.3 Å². The van der Waals surface area contributed by atoms with Gasteiger partial charge < -0.3 is 10.6 Å². The van der Waals surface area contributed by atoms with Gasteiger partial charge in [-0.3, -0.25) is 0 Å². The standard InChI is InChI=1S/C15H21BrClN3/c16-12-8-10(9-19-15(12)17)20-14-6-3-4-11(14)13-5-1-2-7-18-13/h8-9,11,13-14,18,20H,1-7H2. The minimum atomic E-state index is 0.521. The summed E-state index contributed by atoms with van der Waals surface area (Å²) in [7, 11) is 0. The summed E-state index contributed by atoms with van der Waals surface area (Å²) < 4.78 is 0.856. The first-order chi connectivity index (χ1) is 9.74. The Balaban J connectivity index is 1.67. The molecule has 1 aromatic heterocycles. The van der Waals surface area contributed by atoms with Gasteiger partial charge in [0.15, 0.2) is 0 Å². The highest BCUT2D eigenvalue weighted by Gasteiger charge is 2.34. The highest BCUT2D eigenvalue weighted by Crippen LogP contribution is 2.34. The van der Waals surface area contributed by atoms with Crippen LogP contribution in [-0.4, -0.2) is 23.6 Å². The van der Waals surface area contributed by atoms with Gasteiger partial charge in [-0.25, -0.2) is 4.98 Å². The molecule has 0 amide bonds. The van der Waals surface area contributed by atoms with E-state index in [1.54, 1.807) is 0 Å². The minimum absolute atomic E-state index is 0.521. The third-order valence-corrected chi connectivity index (χ3v) is 5.72. The van der Waals surface area contributed by atoms with Gasteiger partial charge in [0, 0.05) is 12.1 Å². The monoisotopic (exact) mass is 357 g/mol. The van der Waals surface area contributed by atoms with Crippen molar-refractivity contribution in [3.8, 4) is 0 Å². The highest BCUT2D eigenvalue weighted by atomic mass is 79.9. The molecule has 3 rings (SSSR count). The zero-order chi connectivity index (χ0) is 13.9. The molecule has 1 aromatic rings. The lowest BCUT2D eigenvalue weighted by Crippen LogP contribution is -2.44. The van der Waals surface area contributed by atoms with Gasteiger partial charge in [0.05, 0.1) is 16.4 Å². The Hall–Kier alpha value is -0.320. The van der Waals surface area contributed by atoms with E-state index in [-0.39, 0.29) is 0 Å². The molecule has 0 aromatic carbocycles. The topological polar surface area (TPSA) is 37.0 Å². The van der Waals surface area contributed by atoms with Gasteiger partial charge in [-0.2, -0.15) is 0 Å². The molecular formula is C15H21BrClN3. The summed E-state index contributed by atoms with van der Waals surface area (Å²) in [5.74, 6) is 0.741. The molecule has 2 aliphatic rings. The molecule has 0 radical (unpaired) electrons. The highest BCUT2D eigenvalue weighted by molar-refractivity contribution is 9.10. The molecule has 3 nitrogen and oxygen atoms in total. The number of pyridine rings is 1. The second-order valence-electron chi connectivity index (χ2n) is 5.90.